The molecule has 88 valence electrons. The van der Waals surface area contributed by atoms with Gasteiger partial charge in [-0.1, -0.05) is 12.1 Å². The minimum absolute atomic E-state index is 0.786. The molecule has 16 heavy (non-hydrogen) atoms. The van der Waals surface area contributed by atoms with Crippen molar-refractivity contribution in [1.29, 1.82) is 0 Å². The predicted octanol–water partition coefficient (Wildman–Crippen LogP) is 2.57. The molecule has 0 aliphatic carbocycles. The van der Waals surface area contributed by atoms with Crippen LogP contribution < -0.4 is 10.6 Å². The minimum Gasteiger partial charge on any atom is -0.372 e. The molecule has 0 spiro atoms. The molecule has 0 atom stereocenters. The van der Waals surface area contributed by atoms with Gasteiger partial charge in [-0.25, -0.2) is 0 Å². The third-order valence-electron chi connectivity index (χ3n) is 3.33. The molecule has 1 aromatic carbocycles. The van der Waals surface area contributed by atoms with E-state index < -0.39 is 0 Å². The Bertz CT molecular complexity index is 299. The van der Waals surface area contributed by atoms with E-state index in [0.29, 0.717) is 0 Å². The van der Waals surface area contributed by atoms with Crippen molar-refractivity contribution in [2.24, 2.45) is 5.73 Å². The highest BCUT2D eigenvalue weighted by molar-refractivity contribution is 5.47. The van der Waals surface area contributed by atoms with Crippen LogP contribution in [0.3, 0.4) is 0 Å². The number of hydrogen-bond donors (Lipinski definition) is 1. The van der Waals surface area contributed by atoms with Crippen molar-refractivity contribution in [2.45, 2.75) is 32.1 Å². The molecule has 1 heterocycles. The van der Waals surface area contributed by atoms with Crippen LogP contribution in [0.2, 0.25) is 0 Å². The van der Waals surface area contributed by atoms with Gasteiger partial charge in [0.15, 0.2) is 0 Å². The largest absolute Gasteiger partial charge is 0.372 e. The van der Waals surface area contributed by atoms with E-state index >= 15 is 0 Å². The van der Waals surface area contributed by atoms with Crippen LogP contribution in [-0.4, -0.2) is 19.6 Å². The summed E-state index contributed by atoms with van der Waals surface area (Å²) in [7, 11) is 0. The first-order chi connectivity index (χ1) is 7.90. The van der Waals surface area contributed by atoms with Gasteiger partial charge in [0.05, 0.1) is 0 Å². The summed E-state index contributed by atoms with van der Waals surface area (Å²) < 4.78 is 0. The lowest BCUT2D eigenvalue weighted by Crippen LogP contribution is -2.29. The Morgan fingerprint density at radius 2 is 1.69 bits per heavy atom. The number of hydrogen-bond acceptors (Lipinski definition) is 2. The van der Waals surface area contributed by atoms with E-state index in [4.69, 9.17) is 5.73 Å². The van der Waals surface area contributed by atoms with Crippen LogP contribution in [-0.2, 0) is 6.42 Å². The molecule has 0 bridgehead atoms. The fourth-order valence-electron chi connectivity index (χ4n) is 2.33. The summed E-state index contributed by atoms with van der Waals surface area (Å²) in [6, 6.07) is 9.02. The molecule has 1 aliphatic heterocycles. The van der Waals surface area contributed by atoms with E-state index in [9.17, 15) is 0 Å². The Morgan fingerprint density at radius 3 is 2.31 bits per heavy atom. The van der Waals surface area contributed by atoms with Crippen molar-refractivity contribution < 1.29 is 0 Å². The second kappa shape index (κ2) is 5.90. The van der Waals surface area contributed by atoms with Crippen LogP contribution in [0.1, 0.15) is 31.2 Å². The second-order valence-electron chi connectivity index (χ2n) is 4.61. The van der Waals surface area contributed by atoms with Crippen LogP contribution >= 0.6 is 0 Å². The van der Waals surface area contributed by atoms with E-state index in [1.165, 1.54) is 43.6 Å². The summed E-state index contributed by atoms with van der Waals surface area (Å²) in [6.45, 7) is 3.23. The summed E-state index contributed by atoms with van der Waals surface area (Å²) in [5.74, 6) is 0. The van der Waals surface area contributed by atoms with Crippen LogP contribution in [0.15, 0.2) is 24.3 Å². The average molecular weight is 218 g/mol. The van der Waals surface area contributed by atoms with E-state index in [2.05, 4.69) is 29.2 Å². The first kappa shape index (κ1) is 11.5. The summed E-state index contributed by atoms with van der Waals surface area (Å²) in [4.78, 5) is 2.50. The number of nitrogens with zero attached hydrogens (tertiary/aromatic N) is 1. The summed E-state index contributed by atoms with van der Waals surface area (Å²) in [5.41, 5.74) is 8.31. The predicted molar refractivity (Wildman–Crippen MR) is 69.9 cm³/mol. The van der Waals surface area contributed by atoms with Crippen LogP contribution in [0.5, 0.6) is 0 Å². The lowest BCUT2D eigenvalue weighted by molar-refractivity contribution is 0.578. The molecule has 0 radical (unpaired) electrons. The van der Waals surface area contributed by atoms with Crippen molar-refractivity contribution in [3.05, 3.63) is 29.8 Å². The first-order valence-electron chi connectivity index (χ1n) is 6.44. The number of benzene rings is 1. The zero-order valence-corrected chi connectivity index (χ0v) is 9.99. The number of rotatable bonds is 4. The first-order valence-corrected chi connectivity index (χ1v) is 6.44. The Labute approximate surface area is 98.4 Å². The summed E-state index contributed by atoms with van der Waals surface area (Å²) in [6.07, 6.45) is 6.27. The van der Waals surface area contributed by atoms with Gasteiger partial charge >= 0.3 is 0 Å². The van der Waals surface area contributed by atoms with Crippen LogP contribution in [0.4, 0.5) is 5.69 Å². The summed E-state index contributed by atoms with van der Waals surface area (Å²) in [5, 5.41) is 0. The molecule has 1 saturated heterocycles. The highest BCUT2D eigenvalue weighted by atomic mass is 15.1. The van der Waals surface area contributed by atoms with E-state index in [1.807, 2.05) is 0 Å². The van der Waals surface area contributed by atoms with Gasteiger partial charge in [-0.15, -0.1) is 0 Å². The van der Waals surface area contributed by atoms with Crippen LogP contribution in [0.25, 0.3) is 0 Å². The Hall–Kier alpha value is -1.02. The molecule has 1 aromatic rings. The van der Waals surface area contributed by atoms with Crippen molar-refractivity contribution in [3.8, 4) is 0 Å². The molecule has 0 saturated carbocycles. The number of aryl methyl sites for hydroxylation is 1. The van der Waals surface area contributed by atoms with Gasteiger partial charge in [-0.2, -0.15) is 0 Å². The van der Waals surface area contributed by atoms with Crippen molar-refractivity contribution in [2.75, 3.05) is 24.5 Å². The minimum atomic E-state index is 0.786. The lowest BCUT2D eigenvalue weighted by Gasteiger charge is -2.28. The molecule has 1 aliphatic rings. The molecule has 0 amide bonds. The average Bonchev–Trinajstić information content (AvgIpc) is 2.38. The lowest BCUT2D eigenvalue weighted by atomic mass is 10.1. The molecular weight excluding hydrogens is 196 g/mol. The topological polar surface area (TPSA) is 29.3 Å². The molecule has 2 nitrogen and oxygen atoms in total. The zero-order chi connectivity index (χ0) is 11.2. The van der Waals surface area contributed by atoms with Gasteiger partial charge < -0.3 is 10.6 Å². The normalized spacial score (nSPS) is 16.4. The summed E-state index contributed by atoms with van der Waals surface area (Å²) >= 11 is 0. The second-order valence-corrected chi connectivity index (χ2v) is 4.61. The van der Waals surface area contributed by atoms with Crippen LogP contribution in [0, 0.1) is 0 Å². The fourth-order valence-corrected chi connectivity index (χ4v) is 2.33. The zero-order valence-electron chi connectivity index (χ0n) is 9.99. The molecule has 1 fully saturated rings. The maximum absolute atomic E-state index is 5.51. The smallest absolute Gasteiger partial charge is 0.0366 e. The van der Waals surface area contributed by atoms with Gasteiger partial charge in [0.2, 0.25) is 0 Å². The Balaban J connectivity index is 1.95. The fraction of sp³-hybridized carbons (Fsp3) is 0.571. The van der Waals surface area contributed by atoms with Gasteiger partial charge in [0, 0.05) is 18.8 Å². The van der Waals surface area contributed by atoms with Crippen molar-refractivity contribution in [1.82, 2.24) is 0 Å². The molecule has 2 rings (SSSR count). The van der Waals surface area contributed by atoms with E-state index in [0.717, 1.165) is 19.4 Å². The third-order valence-corrected chi connectivity index (χ3v) is 3.33. The highest BCUT2D eigenvalue weighted by Crippen LogP contribution is 2.20. The quantitative estimate of drug-likeness (QED) is 0.841. The van der Waals surface area contributed by atoms with Crippen molar-refractivity contribution in [3.63, 3.8) is 0 Å². The molecule has 2 N–H and O–H groups in total. The van der Waals surface area contributed by atoms with Gasteiger partial charge in [-0.05, 0) is 56.3 Å². The van der Waals surface area contributed by atoms with Crippen molar-refractivity contribution >= 4 is 5.69 Å². The maximum Gasteiger partial charge on any atom is 0.0366 e. The number of nitrogens with two attached hydrogens (primary N) is 1. The SMILES string of the molecule is NCCCc1ccc(N2CCCCC2)cc1. The Kier molecular flexibility index (Phi) is 4.23. The molecule has 2 heteroatoms. The standard InChI is InChI=1S/C14H22N2/c15-10-4-5-13-6-8-14(9-7-13)16-11-2-1-3-12-16/h6-9H,1-5,10-12,15H2. The third kappa shape index (κ3) is 2.99. The maximum atomic E-state index is 5.51. The van der Waals surface area contributed by atoms with E-state index in [1.54, 1.807) is 0 Å². The monoisotopic (exact) mass is 218 g/mol. The molecule has 0 aromatic heterocycles. The molecular formula is C14H22N2. The molecule has 0 unspecified atom stereocenters. The van der Waals surface area contributed by atoms with Gasteiger partial charge in [-0.3, -0.25) is 0 Å². The highest BCUT2D eigenvalue weighted by Gasteiger charge is 2.10. The number of anilines is 1. The van der Waals surface area contributed by atoms with E-state index in [-0.39, 0.29) is 0 Å². The Morgan fingerprint density at radius 1 is 1.00 bits per heavy atom. The van der Waals surface area contributed by atoms with Gasteiger partial charge in [0.1, 0.15) is 0 Å². The number of piperidine rings is 1. The van der Waals surface area contributed by atoms with Gasteiger partial charge in [0.25, 0.3) is 0 Å².